The maximum Gasteiger partial charge on any atom is 0.287 e. The van der Waals surface area contributed by atoms with Crippen molar-refractivity contribution in [3.8, 4) is 0 Å². The van der Waals surface area contributed by atoms with Crippen molar-refractivity contribution in [2.45, 2.75) is 6.04 Å². The lowest BCUT2D eigenvalue weighted by Gasteiger charge is -2.07. The van der Waals surface area contributed by atoms with E-state index in [9.17, 15) is 13.2 Å². The van der Waals surface area contributed by atoms with Crippen LogP contribution >= 0.6 is 11.6 Å². The van der Waals surface area contributed by atoms with Crippen LogP contribution in [-0.4, -0.2) is 26.1 Å². The minimum Gasteiger partial charge on any atom is -0.451 e. The van der Waals surface area contributed by atoms with E-state index in [-0.39, 0.29) is 11.5 Å². The Labute approximate surface area is 120 Å². The number of hydrogen-bond acceptors (Lipinski definition) is 4. The molecular weight excluding hydrogens is 302 g/mol. The van der Waals surface area contributed by atoms with E-state index in [4.69, 9.17) is 16.0 Å². The molecule has 1 N–H and O–H groups in total. The van der Waals surface area contributed by atoms with Gasteiger partial charge in [-0.25, -0.2) is 8.42 Å². The van der Waals surface area contributed by atoms with Gasteiger partial charge in [-0.2, -0.15) is 0 Å². The monoisotopic (exact) mass is 311 g/mol. The van der Waals surface area contributed by atoms with Crippen molar-refractivity contribution in [3.63, 3.8) is 0 Å². The van der Waals surface area contributed by atoms with Crippen molar-refractivity contribution in [3.05, 3.63) is 46.5 Å². The summed E-state index contributed by atoms with van der Waals surface area (Å²) in [4.78, 5) is 12.0. The summed E-state index contributed by atoms with van der Waals surface area (Å²) < 4.78 is 27.9. The summed E-state index contributed by atoms with van der Waals surface area (Å²) in [6.07, 6.45) is 1.45. The van der Waals surface area contributed by atoms with Crippen LogP contribution in [0.5, 0.6) is 0 Å². The highest BCUT2D eigenvalue weighted by atomic mass is 35.5. The van der Waals surface area contributed by atoms with E-state index < -0.39 is 21.8 Å². The maximum atomic E-state index is 12.0. The number of hydrogen-bond donors (Lipinski definition) is 1. The Morgan fingerprint density at radius 1 is 1.35 bits per heavy atom. The van der Waals surface area contributed by atoms with Gasteiger partial charge in [0, 0.05) is 15.8 Å². The fraction of sp³-hybridized carbons (Fsp3) is 0.154. The first kappa shape index (κ1) is 13.2. The lowest BCUT2D eigenvalue weighted by Crippen LogP contribution is -2.35. The minimum atomic E-state index is -3.20. The smallest absolute Gasteiger partial charge is 0.287 e. The average Bonchev–Trinajstić information content (AvgIpc) is 2.92. The summed E-state index contributed by atoms with van der Waals surface area (Å²) in [7, 11) is -3.20. The summed E-state index contributed by atoms with van der Waals surface area (Å²) in [5.41, 5.74) is 0.550. The first-order valence-corrected chi connectivity index (χ1v) is 7.93. The highest BCUT2D eigenvalue weighted by Crippen LogP contribution is 2.23. The number of furan rings is 1. The largest absolute Gasteiger partial charge is 0.451 e. The van der Waals surface area contributed by atoms with Crippen molar-refractivity contribution in [1.29, 1.82) is 0 Å². The summed E-state index contributed by atoms with van der Waals surface area (Å²) >= 11 is 5.86. The highest BCUT2D eigenvalue weighted by Gasteiger charge is 2.24. The van der Waals surface area contributed by atoms with E-state index in [1.165, 1.54) is 6.08 Å². The van der Waals surface area contributed by atoms with Gasteiger partial charge >= 0.3 is 0 Å². The van der Waals surface area contributed by atoms with E-state index in [0.29, 0.717) is 10.6 Å². The molecule has 7 heteroatoms. The fourth-order valence-electron chi connectivity index (χ4n) is 2.03. The molecule has 1 aliphatic rings. The molecule has 2 aromatic rings. The second-order valence-corrected chi connectivity index (χ2v) is 6.90. The first-order valence-electron chi connectivity index (χ1n) is 5.84. The molecule has 2 heterocycles. The number of fused-ring (bicyclic) bond motifs is 1. The van der Waals surface area contributed by atoms with Crippen LogP contribution in [-0.2, 0) is 9.84 Å². The molecule has 0 fully saturated rings. The van der Waals surface area contributed by atoms with Gasteiger partial charge < -0.3 is 9.73 Å². The van der Waals surface area contributed by atoms with Crippen LogP contribution in [0, 0.1) is 0 Å². The number of benzene rings is 1. The average molecular weight is 312 g/mol. The van der Waals surface area contributed by atoms with Gasteiger partial charge in [-0.3, -0.25) is 4.79 Å². The molecule has 104 valence electrons. The molecule has 0 aliphatic carbocycles. The van der Waals surface area contributed by atoms with Crippen molar-refractivity contribution < 1.29 is 17.6 Å². The Bertz CT molecular complexity index is 822. The number of carbonyl (C=O) groups is 1. The van der Waals surface area contributed by atoms with Gasteiger partial charge in [0.15, 0.2) is 15.6 Å². The molecule has 1 aromatic heterocycles. The van der Waals surface area contributed by atoms with Crippen LogP contribution in [0.25, 0.3) is 11.0 Å². The van der Waals surface area contributed by atoms with E-state index in [1.807, 2.05) is 0 Å². The van der Waals surface area contributed by atoms with Crippen molar-refractivity contribution >= 4 is 38.3 Å². The number of rotatable bonds is 2. The van der Waals surface area contributed by atoms with Crippen LogP contribution in [0.1, 0.15) is 10.6 Å². The van der Waals surface area contributed by atoms with Crippen molar-refractivity contribution in [1.82, 2.24) is 5.32 Å². The molecule has 20 heavy (non-hydrogen) atoms. The van der Waals surface area contributed by atoms with Crippen LogP contribution in [0.2, 0.25) is 5.02 Å². The van der Waals surface area contributed by atoms with Crippen molar-refractivity contribution in [2.24, 2.45) is 0 Å². The quantitative estimate of drug-likeness (QED) is 0.921. The standard InChI is InChI=1S/C13H10ClNO4S/c14-9-1-2-11-8(5-9)6-12(19-11)13(16)15-10-3-4-20(17,18)7-10/h1-6,10H,7H2,(H,15,16)/t10-/m1/s1. The summed E-state index contributed by atoms with van der Waals surface area (Å²) in [5, 5.41) is 4.97. The van der Waals surface area contributed by atoms with Crippen LogP contribution in [0.4, 0.5) is 0 Å². The summed E-state index contributed by atoms with van der Waals surface area (Å²) in [6.45, 7) is 0. The molecule has 0 bridgehead atoms. The molecule has 0 unspecified atom stereocenters. The number of carbonyl (C=O) groups excluding carboxylic acids is 1. The molecule has 0 radical (unpaired) electrons. The Kier molecular flexibility index (Phi) is 3.07. The number of nitrogens with one attached hydrogen (secondary N) is 1. The molecule has 3 rings (SSSR count). The van der Waals surface area contributed by atoms with Crippen LogP contribution < -0.4 is 5.32 Å². The van der Waals surface area contributed by atoms with Gasteiger partial charge in [-0.05, 0) is 30.3 Å². The van der Waals surface area contributed by atoms with Gasteiger partial charge in [-0.1, -0.05) is 11.6 Å². The minimum absolute atomic E-state index is 0.120. The topological polar surface area (TPSA) is 76.4 Å². The zero-order valence-electron chi connectivity index (χ0n) is 10.2. The zero-order chi connectivity index (χ0) is 14.3. The summed E-state index contributed by atoms with van der Waals surface area (Å²) in [5.74, 6) is -0.450. The predicted molar refractivity (Wildman–Crippen MR) is 75.4 cm³/mol. The third-order valence-corrected chi connectivity index (χ3v) is 4.58. The molecule has 0 spiro atoms. The molecule has 1 aromatic carbocycles. The number of halogens is 1. The van der Waals surface area contributed by atoms with Gasteiger partial charge in [0.05, 0.1) is 11.8 Å². The van der Waals surface area contributed by atoms with E-state index in [0.717, 1.165) is 10.8 Å². The summed E-state index contributed by atoms with van der Waals surface area (Å²) in [6, 6.07) is 6.08. The molecule has 1 aliphatic heterocycles. The third-order valence-electron chi connectivity index (χ3n) is 2.95. The van der Waals surface area contributed by atoms with E-state index >= 15 is 0 Å². The van der Waals surface area contributed by atoms with Crippen LogP contribution in [0.3, 0.4) is 0 Å². The third kappa shape index (κ3) is 2.57. The second-order valence-electron chi connectivity index (χ2n) is 4.53. The van der Waals surface area contributed by atoms with Gasteiger partial charge in [0.2, 0.25) is 0 Å². The molecule has 5 nitrogen and oxygen atoms in total. The Hall–Kier alpha value is -1.79. The lowest BCUT2D eigenvalue weighted by molar-refractivity contribution is 0.0922. The van der Waals surface area contributed by atoms with Gasteiger partial charge in [0.1, 0.15) is 5.58 Å². The van der Waals surface area contributed by atoms with Crippen LogP contribution in [0.15, 0.2) is 40.2 Å². The highest BCUT2D eigenvalue weighted by molar-refractivity contribution is 7.94. The Balaban J connectivity index is 1.81. The molecular formula is C13H10ClNO4S. The van der Waals surface area contributed by atoms with Crippen molar-refractivity contribution in [2.75, 3.05) is 5.75 Å². The molecule has 1 atom stereocenters. The van der Waals surface area contributed by atoms with E-state index in [2.05, 4.69) is 5.32 Å². The lowest BCUT2D eigenvalue weighted by atomic mass is 10.2. The number of sulfone groups is 1. The molecule has 1 amide bonds. The normalized spacial score (nSPS) is 20.4. The second kappa shape index (κ2) is 4.64. The molecule has 0 saturated heterocycles. The number of amides is 1. The Morgan fingerprint density at radius 3 is 2.85 bits per heavy atom. The SMILES string of the molecule is O=C(N[C@@H]1C=CS(=O)(=O)C1)c1cc2cc(Cl)ccc2o1. The Morgan fingerprint density at radius 2 is 2.15 bits per heavy atom. The zero-order valence-corrected chi connectivity index (χ0v) is 11.7. The predicted octanol–water partition coefficient (Wildman–Crippen LogP) is 2.13. The first-order chi connectivity index (χ1) is 9.43. The maximum absolute atomic E-state index is 12.0. The van der Waals surface area contributed by atoms with Gasteiger partial charge in [0.25, 0.3) is 5.91 Å². The van der Waals surface area contributed by atoms with E-state index in [1.54, 1.807) is 24.3 Å². The fourth-order valence-corrected chi connectivity index (χ4v) is 3.45. The van der Waals surface area contributed by atoms with Gasteiger partial charge in [-0.15, -0.1) is 0 Å². The molecule has 0 saturated carbocycles.